The van der Waals surface area contributed by atoms with Crippen molar-refractivity contribution in [3.05, 3.63) is 88.7 Å². The fraction of sp³-hybridized carbons (Fsp3) is 0.167. The number of methoxy groups -OCH3 is 2. The van der Waals surface area contributed by atoms with E-state index in [2.05, 4.69) is 10.5 Å². The van der Waals surface area contributed by atoms with Crippen LogP contribution in [0.3, 0.4) is 0 Å². The number of rotatable bonds is 10. The molecule has 3 aromatic rings. The molecule has 0 saturated heterocycles. The lowest BCUT2D eigenvalue weighted by Gasteiger charge is -2.21. The van der Waals surface area contributed by atoms with E-state index in [4.69, 9.17) is 21.1 Å². The Morgan fingerprint density at radius 1 is 1.06 bits per heavy atom. The first-order valence-electron chi connectivity index (χ1n) is 10.3. The first-order valence-corrected chi connectivity index (χ1v) is 12.1. The van der Waals surface area contributed by atoms with E-state index in [0.29, 0.717) is 27.6 Å². The molecule has 1 N–H and O–H groups in total. The number of carbonyl (C=O) groups excluding carboxylic acids is 1. The third kappa shape index (κ3) is 6.78. The van der Waals surface area contributed by atoms with Crippen LogP contribution in [0.5, 0.6) is 11.5 Å². The zero-order chi connectivity index (χ0) is 25.4. The van der Waals surface area contributed by atoms with E-state index >= 15 is 0 Å². The van der Waals surface area contributed by atoms with Crippen molar-refractivity contribution in [3.63, 3.8) is 0 Å². The molecular formula is C24H23ClFN3O5S. The van der Waals surface area contributed by atoms with Gasteiger partial charge in [-0.25, -0.2) is 18.2 Å². The van der Waals surface area contributed by atoms with Gasteiger partial charge in [-0.15, -0.1) is 0 Å². The van der Waals surface area contributed by atoms with Gasteiger partial charge in [0.05, 0.1) is 31.9 Å². The van der Waals surface area contributed by atoms with Crippen molar-refractivity contribution in [2.24, 2.45) is 5.10 Å². The summed E-state index contributed by atoms with van der Waals surface area (Å²) in [5, 5.41) is 4.28. The average Bonchev–Trinajstić information content (AvgIpc) is 2.85. The molecule has 8 nitrogen and oxygen atoms in total. The number of nitrogens with zero attached hydrogens (tertiary/aromatic N) is 2. The maximum absolute atomic E-state index is 13.3. The molecule has 0 saturated carbocycles. The number of nitrogens with one attached hydrogen (secondary N) is 1. The Labute approximate surface area is 208 Å². The summed E-state index contributed by atoms with van der Waals surface area (Å²) in [5.41, 5.74) is 3.37. The fourth-order valence-corrected chi connectivity index (χ4v) is 4.67. The molecule has 0 aliphatic rings. The number of benzene rings is 3. The number of hydrogen-bond donors (Lipinski definition) is 1. The molecule has 0 atom stereocenters. The van der Waals surface area contributed by atoms with Crippen molar-refractivity contribution in [2.75, 3.05) is 20.8 Å². The van der Waals surface area contributed by atoms with E-state index in [9.17, 15) is 17.6 Å². The number of hydrazone groups is 1. The van der Waals surface area contributed by atoms with E-state index in [1.165, 1.54) is 69.0 Å². The minimum Gasteiger partial charge on any atom is -0.493 e. The molecule has 0 radical (unpaired) electrons. The maximum atomic E-state index is 13.3. The number of para-hydroxylation sites is 1. The Hall–Kier alpha value is -3.47. The van der Waals surface area contributed by atoms with Gasteiger partial charge >= 0.3 is 0 Å². The monoisotopic (exact) mass is 519 g/mol. The molecule has 0 unspecified atom stereocenters. The van der Waals surface area contributed by atoms with Crippen LogP contribution in [0.1, 0.15) is 11.1 Å². The van der Waals surface area contributed by atoms with Crippen molar-refractivity contribution < 1.29 is 27.1 Å². The van der Waals surface area contributed by atoms with Gasteiger partial charge in [-0.1, -0.05) is 29.8 Å². The fourth-order valence-electron chi connectivity index (χ4n) is 3.16. The summed E-state index contributed by atoms with van der Waals surface area (Å²) >= 11 is 5.88. The molecule has 184 valence electrons. The molecular weight excluding hydrogens is 497 g/mol. The van der Waals surface area contributed by atoms with Crippen molar-refractivity contribution in [2.45, 2.75) is 11.4 Å². The Balaban J connectivity index is 1.80. The first-order chi connectivity index (χ1) is 16.7. The molecule has 0 spiro atoms. The van der Waals surface area contributed by atoms with Crippen LogP contribution in [-0.4, -0.2) is 45.6 Å². The van der Waals surface area contributed by atoms with Gasteiger partial charge in [-0.2, -0.15) is 9.41 Å². The summed E-state index contributed by atoms with van der Waals surface area (Å²) in [6, 6.07) is 16.1. The average molecular weight is 520 g/mol. The Bertz CT molecular complexity index is 1300. The van der Waals surface area contributed by atoms with Crippen LogP contribution in [0.4, 0.5) is 4.39 Å². The number of sulfonamides is 1. The predicted octanol–water partition coefficient (Wildman–Crippen LogP) is 3.84. The minimum atomic E-state index is -4.09. The van der Waals surface area contributed by atoms with Crippen LogP contribution >= 0.6 is 11.6 Å². The molecule has 0 aliphatic heterocycles. The SMILES string of the molecule is COc1cccc(/C=N\NC(=O)CN(Cc2ccc(F)cc2)S(=O)(=O)c2ccc(Cl)cc2)c1OC. The third-order valence-corrected chi connectivity index (χ3v) is 6.93. The number of amides is 1. The second-order valence-corrected chi connectivity index (χ2v) is 9.60. The third-order valence-electron chi connectivity index (χ3n) is 4.87. The highest BCUT2D eigenvalue weighted by Crippen LogP contribution is 2.29. The topological polar surface area (TPSA) is 97.3 Å². The number of halogens is 2. The van der Waals surface area contributed by atoms with Crippen LogP contribution in [0.2, 0.25) is 5.02 Å². The Morgan fingerprint density at radius 2 is 1.74 bits per heavy atom. The second-order valence-electron chi connectivity index (χ2n) is 7.23. The van der Waals surface area contributed by atoms with Gasteiger partial charge < -0.3 is 9.47 Å². The number of ether oxygens (including phenoxy) is 2. The van der Waals surface area contributed by atoms with Gasteiger partial charge in [-0.3, -0.25) is 4.79 Å². The summed E-state index contributed by atoms with van der Waals surface area (Å²) in [4.78, 5) is 12.6. The van der Waals surface area contributed by atoms with Crippen LogP contribution in [0.15, 0.2) is 76.7 Å². The molecule has 0 heterocycles. The highest BCUT2D eigenvalue weighted by molar-refractivity contribution is 7.89. The predicted molar refractivity (Wildman–Crippen MR) is 131 cm³/mol. The summed E-state index contributed by atoms with van der Waals surface area (Å²) < 4.78 is 51.3. The van der Waals surface area contributed by atoms with E-state index in [-0.39, 0.29) is 11.4 Å². The van der Waals surface area contributed by atoms with Gasteiger partial charge in [0.1, 0.15) is 5.82 Å². The molecule has 3 rings (SSSR count). The molecule has 0 fully saturated rings. The molecule has 0 aliphatic carbocycles. The molecule has 0 bridgehead atoms. The summed E-state index contributed by atoms with van der Waals surface area (Å²) in [6.45, 7) is -0.693. The van der Waals surface area contributed by atoms with Crippen molar-refractivity contribution >= 4 is 33.7 Å². The van der Waals surface area contributed by atoms with Gasteiger partial charge in [0.2, 0.25) is 10.0 Å². The minimum absolute atomic E-state index is 0.0403. The molecule has 35 heavy (non-hydrogen) atoms. The van der Waals surface area contributed by atoms with Crippen molar-refractivity contribution in [1.29, 1.82) is 0 Å². The van der Waals surface area contributed by atoms with E-state index in [0.717, 1.165) is 4.31 Å². The lowest BCUT2D eigenvalue weighted by molar-refractivity contribution is -0.121. The molecule has 0 aromatic heterocycles. The maximum Gasteiger partial charge on any atom is 0.255 e. The summed E-state index contributed by atoms with van der Waals surface area (Å²) in [7, 11) is -1.11. The van der Waals surface area contributed by atoms with E-state index < -0.39 is 28.3 Å². The Kier molecular flexibility index (Phi) is 8.80. The quantitative estimate of drug-likeness (QED) is 0.324. The highest BCUT2D eigenvalue weighted by Gasteiger charge is 2.27. The molecule has 3 aromatic carbocycles. The second kappa shape index (κ2) is 11.8. The Morgan fingerprint density at radius 3 is 2.37 bits per heavy atom. The zero-order valence-electron chi connectivity index (χ0n) is 18.9. The van der Waals surface area contributed by atoms with Crippen molar-refractivity contribution in [3.8, 4) is 11.5 Å². The van der Waals surface area contributed by atoms with Crippen LogP contribution < -0.4 is 14.9 Å². The molecule has 11 heteroatoms. The standard InChI is InChI=1S/C24H23ClFN3O5S/c1-33-22-5-3-4-18(24(22)34-2)14-27-28-23(30)16-29(15-17-6-10-20(26)11-7-17)35(31,32)21-12-8-19(25)9-13-21/h3-14H,15-16H2,1-2H3,(H,28,30)/b27-14-. The lowest BCUT2D eigenvalue weighted by Crippen LogP contribution is -2.39. The number of carbonyl (C=O) groups is 1. The van der Waals surface area contributed by atoms with Crippen LogP contribution in [-0.2, 0) is 21.4 Å². The summed E-state index contributed by atoms with van der Waals surface area (Å²) in [5.74, 6) is -0.220. The van der Waals surface area contributed by atoms with Crippen molar-refractivity contribution in [1.82, 2.24) is 9.73 Å². The smallest absolute Gasteiger partial charge is 0.255 e. The lowest BCUT2D eigenvalue weighted by atomic mass is 10.2. The molecule has 1 amide bonds. The first kappa shape index (κ1) is 26.1. The number of hydrogen-bond acceptors (Lipinski definition) is 6. The van der Waals surface area contributed by atoms with Gasteiger partial charge in [0.25, 0.3) is 5.91 Å². The summed E-state index contributed by atoms with van der Waals surface area (Å²) in [6.07, 6.45) is 1.36. The largest absolute Gasteiger partial charge is 0.493 e. The van der Waals surface area contributed by atoms with Gasteiger partial charge in [-0.05, 0) is 54.1 Å². The zero-order valence-corrected chi connectivity index (χ0v) is 20.5. The van der Waals surface area contributed by atoms with Gasteiger partial charge in [0.15, 0.2) is 11.5 Å². The van der Waals surface area contributed by atoms with E-state index in [1.54, 1.807) is 18.2 Å². The van der Waals surface area contributed by atoms with Crippen LogP contribution in [0.25, 0.3) is 0 Å². The normalized spacial score (nSPS) is 11.6. The van der Waals surface area contributed by atoms with Crippen LogP contribution in [0, 0.1) is 5.82 Å². The highest BCUT2D eigenvalue weighted by atomic mass is 35.5. The van der Waals surface area contributed by atoms with Gasteiger partial charge in [0, 0.05) is 17.1 Å². The van der Waals surface area contributed by atoms with E-state index in [1.807, 2.05) is 0 Å².